The van der Waals surface area contributed by atoms with E-state index < -0.39 is 5.82 Å². The number of carbonyl (C=O) groups excluding carboxylic acids is 2. The van der Waals surface area contributed by atoms with E-state index in [2.05, 4.69) is 20.8 Å². The van der Waals surface area contributed by atoms with Gasteiger partial charge in [0.2, 0.25) is 5.91 Å². The van der Waals surface area contributed by atoms with Gasteiger partial charge in [-0.15, -0.1) is 10.2 Å². The Balaban J connectivity index is 1.60. The molecule has 0 bridgehead atoms. The lowest BCUT2D eigenvalue weighted by Crippen LogP contribution is -2.29. The summed E-state index contributed by atoms with van der Waals surface area (Å²) in [7, 11) is 1.77. The van der Waals surface area contributed by atoms with Crippen molar-refractivity contribution in [3.05, 3.63) is 71.3 Å². The van der Waals surface area contributed by atoms with E-state index in [0.717, 1.165) is 5.56 Å². The zero-order valence-corrected chi connectivity index (χ0v) is 17.7. The van der Waals surface area contributed by atoms with Crippen molar-refractivity contribution in [2.45, 2.75) is 25.0 Å². The fourth-order valence-electron chi connectivity index (χ4n) is 2.87. The number of amides is 2. The molecule has 0 aliphatic heterocycles. The first-order chi connectivity index (χ1) is 14.4. The molecular formula is C21H22FN5O2S. The van der Waals surface area contributed by atoms with Gasteiger partial charge in [-0.3, -0.25) is 9.59 Å². The molecule has 0 spiro atoms. The van der Waals surface area contributed by atoms with Crippen molar-refractivity contribution >= 4 is 29.3 Å². The highest BCUT2D eigenvalue weighted by Gasteiger charge is 2.19. The summed E-state index contributed by atoms with van der Waals surface area (Å²) in [6.07, 6.45) is 0. The van der Waals surface area contributed by atoms with Crippen molar-refractivity contribution in [3.8, 4) is 0 Å². The summed E-state index contributed by atoms with van der Waals surface area (Å²) >= 11 is 1.18. The molecule has 2 amide bonds. The molecule has 0 saturated heterocycles. The molecule has 3 rings (SSSR count). The maximum atomic E-state index is 13.6. The minimum absolute atomic E-state index is 0.0459. The highest BCUT2D eigenvalue weighted by Crippen LogP contribution is 2.20. The Morgan fingerprint density at radius 3 is 2.57 bits per heavy atom. The third-order valence-electron chi connectivity index (χ3n) is 4.47. The number of benzene rings is 2. The fraction of sp³-hybridized carbons (Fsp3) is 0.238. The molecule has 1 aromatic heterocycles. The molecule has 0 fully saturated rings. The molecule has 3 aromatic rings. The standard InChI is InChI=1S/C21H22FN5O2S/c1-13-8-4-5-9-15(13)20(29)23-14(2)19-25-26-21(27(19)3)30-12-18(28)24-17-11-7-6-10-16(17)22/h4-11,14H,12H2,1-3H3,(H,23,29)(H,24,28)/t14-/m1/s1. The lowest BCUT2D eigenvalue weighted by atomic mass is 10.1. The van der Waals surface area contributed by atoms with Gasteiger partial charge in [0.05, 0.1) is 17.5 Å². The number of para-hydroxylation sites is 1. The largest absolute Gasteiger partial charge is 0.342 e. The first kappa shape index (κ1) is 21.5. The van der Waals surface area contributed by atoms with E-state index in [9.17, 15) is 14.0 Å². The van der Waals surface area contributed by atoms with Crippen LogP contribution in [0.3, 0.4) is 0 Å². The number of anilines is 1. The third-order valence-corrected chi connectivity index (χ3v) is 5.49. The Morgan fingerprint density at radius 2 is 1.83 bits per heavy atom. The minimum atomic E-state index is -0.491. The van der Waals surface area contributed by atoms with Crippen molar-refractivity contribution in [2.24, 2.45) is 7.05 Å². The van der Waals surface area contributed by atoms with Gasteiger partial charge in [-0.25, -0.2) is 4.39 Å². The van der Waals surface area contributed by atoms with Gasteiger partial charge < -0.3 is 15.2 Å². The number of halogens is 1. The summed E-state index contributed by atoms with van der Waals surface area (Å²) in [5, 5.41) is 14.2. The van der Waals surface area contributed by atoms with Gasteiger partial charge in [0.1, 0.15) is 5.82 Å². The van der Waals surface area contributed by atoms with E-state index >= 15 is 0 Å². The van der Waals surface area contributed by atoms with E-state index in [1.54, 1.807) is 29.8 Å². The molecule has 1 atom stereocenters. The van der Waals surface area contributed by atoms with Crippen LogP contribution < -0.4 is 10.6 Å². The van der Waals surface area contributed by atoms with Crippen LogP contribution in [0.4, 0.5) is 10.1 Å². The average molecular weight is 428 g/mol. The number of nitrogens with one attached hydrogen (secondary N) is 2. The molecule has 0 aliphatic carbocycles. The van der Waals surface area contributed by atoms with E-state index in [1.807, 2.05) is 32.0 Å². The molecule has 7 nitrogen and oxygen atoms in total. The number of rotatable bonds is 7. The van der Waals surface area contributed by atoms with E-state index in [0.29, 0.717) is 16.5 Å². The van der Waals surface area contributed by atoms with Crippen LogP contribution in [0.15, 0.2) is 53.7 Å². The van der Waals surface area contributed by atoms with Crippen molar-refractivity contribution in [1.82, 2.24) is 20.1 Å². The van der Waals surface area contributed by atoms with Crippen LogP contribution in [-0.2, 0) is 11.8 Å². The Labute approximate surface area is 178 Å². The summed E-state index contributed by atoms with van der Waals surface area (Å²) in [6.45, 7) is 3.70. The Morgan fingerprint density at radius 1 is 1.13 bits per heavy atom. The summed E-state index contributed by atoms with van der Waals surface area (Å²) in [4.78, 5) is 24.6. The van der Waals surface area contributed by atoms with Gasteiger partial charge in [0, 0.05) is 12.6 Å². The molecule has 0 aliphatic rings. The van der Waals surface area contributed by atoms with Crippen LogP contribution in [0.2, 0.25) is 0 Å². The molecule has 2 aromatic carbocycles. The number of hydrogen-bond acceptors (Lipinski definition) is 5. The second-order valence-electron chi connectivity index (χ2n) is 6.73. The zero-order chi connectivity index (χ0) is 21.7. The highest BCUT2D eigenvalue weighted by molar-refractivity contribution is 7.99. The number of thioether (sulfide) groups is 1. The second-order valence-corrected chi connectivity index (χ2v) is 7.67. The normalized spacial score (nSPS) is 11.7. The Hall–Kier alpha value is -3.20. The predicted octanol–water partition coefficient (Wildman–Crippen LogP) is 3.48. The SMILES string of the molecule is Cc1ccccc1C(=O)N[C@H](C)c1nnc(SCC(=O)Nc2ccccc2F)n1C. The molecule has 1 heterocycles. The van der Waals surface area contributed by atoms with E-state index in [-0.39, 0.29) is 29.3 Å². The average Bonchev–Trinajstić information content (AvgIpc) is 3.09. The Bertz CT molecular complexity index is 1070. The first-order valence-corrected chi connectivity index (χ1v) is 10.3. The predicted molar refractivity (Wildman–Crippen MR) is 114 cm³/mol. The van der Waals surface area contributed by atoms with E-state index in [4.69, 9.17) is 0 Å². The highest BCUT2D eigenvalue weighted by atomic mass is 32.2. The zero-order valence-electron chi connectivity index (χ0n) is 16.8. The minimum Gasteiger partial charge on any atom is -0.342 e. The Kier molecular flexibility index (Phi) is 6.83. The van der Waals surface area contributed by atoms with Crippen LogP contribution in [0.1, 0.15) is 34.7 Å². The number of carbonyl (C=O) groups is 2. The van der Waals surface area contributed by atoms with Gasteiger partial charge in [0.15, 0.2) is 11.0 Å². The third kappa shape index (κ3) is 5.04. The smallest absolute Gasteiger partial charge is 0.252 e. The quantitative estimate of drug-likeness (QED) is 0.564. The number of aromatic nitrogens is 3. The van der Waals surface area contributed by atoms with Crippen LogP contribution in [-0.4, -0.2) is 32.3 Å². The lowest BCUT2D eigenvalue weighted by Gasteiger charge is -2.14. The molecule has 156 valence electrons. The van der Waals surface area contributed by atoms with Gasteiger partial charge in [-0.05, 0) is 37.6 Å². The molecular weight excluding hydrogens is 405 g/mol. The van der Waals surface area contributed by atoms with Crippen molar-refractivity contribution in [3.63, 3.8) is 0 Å². The second kappa shape index (κ2) is 9.53. The summed E-state index contributed by atoms with van der Waals surface area (Å²) < 4.78 is 15.4. The molecule has 0 radical (unpaired) electrons. The lowest BCUT2D eigenvalue weighted by molar-refractivity contribution is -0.113. The molecule has 30 heavy (non-hydrogen) atoms. The van der Waals surface area contributed by atoms with Crippen molar-refractivity contribution in [1.29, 1.82) is 0 Å². The maximum absolute atomic E-state index is 13.6. The fourth-order valence-corrected chi connectivity index (χ4v) is 3.59. The number of aryl methyl sites for hydroxylation is 1. The van der Waals surface area contributed by atoms with E-state index in [1.165, 1.54) is 23.9 Å². The van der Waals surface area contributed by atoms with Crippen LogP contribution in [0.25, 0.3) is 0 Å². The first-order valence-electron chi connectivity index (χ1n) is 9.29. The van der Waals surface area contributed by atoms with Gasteiger partial charge in [-0.1, -0.05) is 42.1 Å². The topological polar surface area (TPSA) is 88.9 Å². The molecule has 0 saturated carbocycles. The summed E-state index contributed by atoms with van der Waals surface area (Å²) in [5.41, 5.74) is 1.62. The molecule has 0 unspecified atom stereocenters. The van der Waals surface area contributed by atoms with Gasteiger partial charge >= 0.3 is 0 Å². The van der Waals surface area contributed by atoms with Crippen LogP contribution in [0.5, 0.6) is 0 Å². The van der Waals surface area contributed by atoms with Crippen LogP contribution in [0, 0.1) is 12.7 Å². The van der Waals surface area contributed by atoms with Crippen molar-refractivity contribution in [2.75, 3.05) is 11.1 Å². The maximum Gasteiger partial charge on any atom is 0.252 e. The summed E-state index contributed by atoms with van der Waals surface area (Å²) in [5.74, 6) is -0.425. The van der Waals surface area contributed by atoms with Gasteiger partial charge in [-0.2, -0.15) is 0 Å². The summed E-state index contributed by atoms with van der Waals surface area (Å²) in [6, 6.07) is 12.9. The van der Waals surface area contributed by atoms with Crippen LogP contribution >= 0.6 is 11.8 Å². The number of hydrogen-bond donors (Lipinski definition) is 2. The monoisotopic (exact) mass is 427 g/mol. The molecule has 2 N–H and O–H groups in total. The number of nitrogens with zero attached hydrogens (tertiary/aromatic N) is 3. The van der Waals surface area contributed by atoms with Gasteiger partial charge in [0.25, 0.3) is 5.91 Å². The van der Waals surface area contributed by atoms with Crippen molar-refractivity contribution < 1.29 is 14.0 Å². The molecule has 9 heteroatoms.